The molecular formula is C20H22O8. The molecule has 0 aromatic heterocycles. The summed E-state index contributed by atoms with van der Waals surface area (Å²) in [5, 5.41) is 0. The van der Waals surface area contributed by atoms with Crippen molar-refractivity contribution >= 4 is 11.9 Å². The molecule has 4 unspecified atom stereocenters. The molecule has 1 aromatic carbocycles. The molecule has 0 saturated carbocycles. The first-order chi connectivity index (χ1) is 13.7. The number of rotatable bonds is 10. The highest BCUT2D eigenvalue weighted by atomic mass is 16.6. The van der Waals surface area contributed by atoms with Gasteiger partial charge in [-0.3, -0.25) is 0 Å². The molecule has 5 rings (SSSR count). The second-order valence-corrected chi connectivity index (χ2v) is 7.55. The van der Waals surface area contributed by atoms with Crippen LogP contribution in [0.15, 0.2) is 12.1 Å². The average molecular weight is 390 g/mol. The van der Waals surface area contributed by atoms with Crippen LogP contribution in [0.1, 0.15) is 31.8 Å². The monoisotopic (exact) mass is 390 g/mol. The Balaban J connectivity index is 1.45. The van der Waals surface area contributed by atoms with Crippen molar-refractivity contribution in [1.82, 2.24) is 0 Å². The Kier molecular flexibility index (Phi) is 4.80. The Morgan fingerprint density at radius 1 is 0.786 bits per heavy atom. The van der Waals surface area contributed by atoms with E-state index in [-0.39, 0.29) is 37.6 Å². The average Bonchev–Trinajstić information content (AvgIpc) is 3.54. The minimum absolute atomic E-state index is 0.00376. The molecule has 150 valence electrons. The normalized spacial score (nSPS) is 29.1. The van der Waals surface area contributed by atoms with Crippen molar-refractivity contribution in [2.45, 2.75) is 37.3 Å². The Morgan fingerprint density at radius 2 is 1.32 bits per heavy atom. The third kappa shape index (κ3) is 4.52. The number of benzene rings is 1. The summed E-state index contributed by atoms with van der Waals surface area (Å²) >= 11 is 0. The summed E-state index contributed by atoms with van der Waals surface area (Å²) in [5.74, 6) is -0.901. The Hall–Kier alpha value is -2.00. The molecule has 0 bridgehead atoms. The van der Waals surface area contributed by atoms with Gasteiger partial charge in [0.1, 0.15) is 25.4 Å². The van der Waals surface area contributed by atoms with Gasteiger partial charge in [-0.1, -0.05) is 6.07 Å². The fourth-order valence-electron chi connectivity index (χ4n) is 3.18. The van der Waals surface area contributed by atoms with E-state index in [4.69, 9.17) is 28.4 Å². The van der Waals surface area contributed by atoms with E-state index in [2.05, 4.69) is 0 Å². The summed E-state index contributed by atoms with van der Waals surface area (Å²) < 4.78 is 31.7. The molecule has 8 nitrogen and oxygen atoms in total. The van der Waals surface area contributed by atoms with E-state index in [1.54, 1.807) is 12.1 Å². The van der Waals surface area contributed by atoms with Gasteiger partial charge in [-0.25, -0.2) is 9.59 Å². The smallest absolute Gasteiger partial charge is 0.338 e. The van der Waals surface area contributed by atoms with Crippen LogP contribution in [0.3, 0.4) is 0 Å². The predicted octanol–water partition coefficient (Wildman–Crippen LogP) is 0.680. The highest BCUT2D eigenvalue weighted by Crippen LogP contribution is 2.30. The molecule has 4 saturated heterocycles. The maximum absolute atomic E-state index is 12.9. The fraction of sp³-hybridized carbons (Fsp3) is 0.600. The van der Waals surface area contributed by atoms with Crippen molar-refractivity contribution in [1.29, 1.82) is 0 Å². The van der Waals surface area contributed by atoms with Gasteiger partial charge in [0.2, 0.25) is 0 Å². The Labute approximate surface area is 162 Å². The van der Waals surface area contributed by atoms with Gasteiger partial charge in [-0.2, -0.15) is 0 Å². The summed E-state index contributed by atoms with van der Waals surface area (Å²) in [4.78, 5) is 25.6. The van der Waals surface area contributed by atoms with E-state index in [9.17, 15) is 9.59 Å². The summed E-state index contributed by atoms with van der Waals surface area (Å²) in [6.45, 7) is 2.94. The summed E-state index contributed by atoms with van der Waals surface area (Å²) in [7, 11) is 0. The van der Waals surface area contributed by atoms with Crippen LogP contribution >= 0.6 is 0 Å². The highest BCUT2D eigenvalue weighted by Gasteiger charge is 2.34. The zero-order valence-electron chi connectivity index (χ0n) is 15.4. The van der Waals surface area contributed by atoms with Crippen LogP contribution in [0, 0.1) is 0 Å². The zero-order valence-corrected chi connectivity index (χ0v) is 15.4. The summed E-state index contributed by atoms with van der Waals surface area (Å²) in [5.41, 5.74) is 2.26. The lowest BCUT2D eigenvalue weighted by Gasteiger charge is -2.17. The van der Waals surface area contributed by atoms with Crippen LogP contribution in [0.25, 0.3) is 0 Å². The summed E-state index contributed by atoms with van der Waals surface area (Å²) in [6, 6.07) is 3.53. The lowest BCUT2D eigenvalue weighted by atomic mass is 9.90. The van der Waals surface area contributed by atoms with Crippen molar-refractivity contribution in [2.24, 2.45) is 0 Å². The van der Waals surface area contributed by atoms with Crippen LogP contribution in [0.5, 0.6) is 0 Å². The Morgan fingerprint density at radius 3 is 1.89 bits per heavy atom. The molecule has 0 spiro atoms. The number of hydrogen-bond acceptors (Lipinski definition) is 8. The fourth-order valence-corrected chi connectivity index (χ4v) is 3.18. The van der Waals surface area contributed by atoms with E-state index in [0.29, 0.717) is 56.0 Å². The van der Waals surface area contributed by atoms with Gasteiger partial charge in [-0.05, 0) is 17.2 Å². The third-order valence-corrected chi connectivity index (χ3v) is 5.11. The highest BCUT2D eigenvalue weighted by molar-refractivity contribution is 5.99. The lowest BCUT2D eigenvalue weighted by Crippen LogP contribution is -2.21. The van der Waals surface area contributed by atoms with Crippen LogP contribution in [-0.2, 0) is 41.3 Å². The molecule has 0 N–H and O–H groups in total. The molecule has 4 fully saturated rings. The topological polar surface area (TPSA) is 103 Å². The molecule has 0 aliphatic carbocycles. The minimum Gasteiger partial charge on any atom is -0.459 e. The first kappa shape index (κ1) is 18.1. The minimum atomic E-state index is -0.458. The van der Waals surface area contributed by atoms with Crippen LogP contribution in [0.4, 0.5) is 0 Å². The van der Waals surface area contributed by atoms with Gasteiger partial charge in [-0.15, -0.1) is 0 Å². The molecule has 4 aliphatic rings. The molecule has 0 radical (unpaired) electrons. The number of carbonyl (C=O) groups is 2. The van der Waals surface area contributed by atoms with Gasteiger partial charge in [0.25, 0.3) is 0 Å². The number of carbonyl (C=O) groups excluding carboxylic acids is 2. The molecule has 28 heavy (non-hydrogen) atoms. The van der Waals surface area contributed by atoms with Crippen LogP contribution < -0.4 is 0 Å². The third-order valence-electron chi connectivity index (χ3n) is 5.11. The van der Waals surface area contributed by atoms with E-state index in [1.165, 1.54) is 0 Å². The first-order valence-electron chi connectivity index (χ1n) is 9.63. The molecule has 4 atom stereocenters. The van der Waals surface area contributed by atoms with Crippen molar-refractivity contribution in [2.75, 3.05) is 39.6 Å². The second-order valence-electron chi connectivity index (χ2n) is 7.55. The SMILES string of the molecule is O=C(OCC1CO1)c1ccc(CC2CO2)c(C(=O)OCC2CO2)c1CC1CO1. The maximum atomic E-state index is 12.9. The van der Waals surface area contributed by atoms with Crippen molar-refractivity contribution in [3.05, 3.63) is 34.4 Å². The first-order valence-corrected chi connectivity index (χ1v) is 9.63. The quantitative estimate of drug-likeness (QED) is 0.425. The van der Waals surface area contributed by atoms with Gasteiger partial charge < -0.3 is 28.4 Å². The second kappa shape index (κ2) is 7.44. The van der Waals surface area contributed by atoms with E-state index in [0.717, 1.165) is 5.56 Å². The standard InChI is InChI=1S/C20H22O8/c21-19(27-9-14-7-25-14)16-2-1-11(3-12-5-23-12)18(17(16)4-13-6-24-13)20(22)28-10-15-8-26-15/h1-2,12-15H,3-10H2. The molecule has 8 heteroatoms. The number of esters is 2. The molecule has 0 amide bonds. The zero-order chi connectivity index (χ0) is 19.1. The van der Waals surface area contributed by atoms with Gasteiger partial charge in [0.05, 0.1) is 49.8 Å². The van der Waals surface area contributed by atoms with E-state index < -0.39 is 11.9 Å². The number of hydrogen-bond donors (Lipinski definition) is 0. The van der Waals surface area contributed by atoms with E-state index >= 15 is 0 Å². The molecule has 4 heterocycles. The summed E-state index contributed by atoms with van der Waals surface area (Å²) in [6.07, 6.45) is 1.13. The van der Waals surface area contributed by atoms with Gasteiger partial charge in [0.15, 0.2) is 0 Å². The van der Waals surface area contributed by atoms with Gasteiger partial charge in [0, 0.05) is 12.8 Å². The number of epoxide rings is 4. The molecule has 4 aliphatic heterocycles. The largest absolute Gasteiger partial charge is 0.459 e. The van der Waals surface area contributed by atoms with Crippen LogP contribution in [0.2, 0.25) is 0 Å². The van der Waals surface area contributed by atoms with Crippen molar-refractivity contribution < 1.29 is 38.0 Å². The van der Waals surface area contributed by atoms with Crippen molar-refractivity contribution in [3.63, 3.8) is 0 Å². The maximum Gasteiger partial charge on any atom is 0.338 e. The number of ether oxygens (including phenoxy) is 6. The van der Waals surface area contributed by atoms with E-state index in [1.807, 2.05) is 0 Å². The predicted molar refractivity (Wildman–Crippen MR) is 93.4 cm³/mol. The van der Waals surface area contributed by atoms with Crippen LogP contribution in [-0.4, -0.2) is 76.0 Å². The van der Waals surface area contributed by atoms with Crippen molar-refractivity contribution in [3.8, 4) is 0 Å². The Bertz CT molecular complexity index is 775. The van der Waals surface area contributed by atoms with Gasteiger partial charge >= 0.3 is 11.9 Å². The molecular weight excluding hydrogens is 368 g/mol. The lowest BCUT2D eigenvalue weighted by molar-refractivity contribution is 0.0470. The molecule has 1 aromatic rings.